The number of carbonyl (C=O) groups is 1. The number of alkyl halides is 3. The van der Waals surface area contributed by atoms with Crippen molar-refractivity contribution >= 4 is 29.1 Å². The second kappa shape index (κ2) is 9.75. The van der Waals surface area contributed by atoms with Gasteiger partial charge in [-0.2, -0.15) is 13.2 Å². The Balaban J connectivity index is 1.62. The highest BCUT2D eigenvalue weighted by molar-refractivity contribution is 8.00. The van der Waals surface area contributed by atoms with Crippen LogP contribution in [0.4, 0.5) is 13.2 Å². The first kappa shape index (κ1) is 22.5. The maximum Gasteiger partial charge on any atom is 0.416 e. The maximum absolute atomic E-state index is 13.1. The summed E-state index contributed by atoms with van der Waals surface area (Å²) in [6.07, 6.45) is 2.05. The highest BCUT2D eigenvalue weighted by Crippen LogP contribution is 2.33. The molecule has 0 spiro atoms. The van der Waals surface area contributed by atoms with Crippen LogP contribution < -0.4 is 0 Å². The molecule has 0 bridgehead atoms. The van der Waals surface area contributed by atoms with Crippen LogP contribution in [0.15, 0.2) is 59.6 Å². The van der Waals surface area contributed by atoms with Crippen molar-refractivity contribution in [1.82, 2.24) is 4.90 Å². The molecule has 0 radical (unpaired) electrons. The van der Waals surface area contributed by atoms with E-state index in [0.29, 0.717) is 36.3 Å². The van der Waals surface area contributed by atoms with Gasteiger partial charge in [-0.1, -0.05) is 18.2 Å². The summed E-state index contributed by atoms with van der Waals surface area (Å²) in [7, 11) is 0. The molecule has 0 saturated heterocycles. The molecule has 2 aromatic rings. The molecule has 3 nitrogen and oxygen atoms in total. The molecule has 0 fully saturated rings. The zero-order valence-corrected chi connectivity index (χ0v) is 18.0. The van der Waals surface area contributed by atoms with E-state index in [1.54, 1.807) is 29.6 Å². The highest BCUT2D eigenvalue weighted by atomic mass is 32.2. The van der Waals surface area contributed by atoms with Crippen LogP contribution in [0.5, 0.6) is 0 Å². The minimum Gasteiger partial charge on any atom is -0.478 e. The standard InChI is InChI=1S/C22H22F3NO2S2/c1-15-8-9-16(13-19(15)22(23,24)25)5-3-12-30-20-18(21(27)28)7-2-10-26(20)14-17-6-4-11-29-17/h2,4,6-11,13,20H,3,5,12,14H2,1H3,(H,27,28). The van der Waals surface area contributed by atoms with Crippen LogP contribution in [0.3, 0.4) is 0 Å². The molecule has 0 amide bonds. The molecule has 8 heteroatoms. The van der Waals surface area contributed by atoms with Crippen LogP contribution in [0, 0.1) is 6.92 Å². The van der Waals surface area contributed by atoms with E-state index in [1.807, 2.05) is 28.6 Å². The van der Waals surface area contributed by atoms with E-state index in [2.05, 4.69) is 0 Å². The molecular formula is C22H22F3NO2S2. The third-order valence-corrected chi connectivity index (χ3v) is 7.00. The molecule has 30 heavy (non-hydrogen) atoms. The fourth-order valence-corrected chi connectivity index (χ4v) is 5.22. The molecule has 1 aromatic heterocycles. The maximum atomic E-state index is 13.1. The normalized spacial score (nSPS) is 16.6. The molecule has 1 aliphatic rings. The smallest absolute Gasteiger partial charge is 0.416 e. The summed E-state index contributed by atoms with van der Waals surface area (Å²) in [4.78, 5) is 14.8. The van der Waals surface area contributed by atoms with Crippen LogP contribution >= 0.6 is 23.1 Å². The highest BCUT2D eigenvalue weighted by Gasteiger charge is 2.32. The Bertz CT molecular complexity index is 936. The lowest BCUT2D eigenvalue weighted by Crippen LogP contribution is -2.34. The van der Waals surface area contributed by atoms with Crippen LogP contribution in [-0.2, 0) is 23.9 Å². The summed E-state index contributed by atoms with van der Waals surface area (Å²) in [6.45, 7) is 2.07. The average Bonchev–Trinajstić information content (AvgIpc) is 3.19. The van der Waals surface area contributed by atoms with Gasteiger partial charge in [0.25, 0.3) is 0 Å². The molecule has 0 aliphatic carbocycles. The van der Waals surface area contributed by atoms with Crippen molar-refractivity contribution in [3.63, 3.8) is 0 Å². The topological polar surface area (TPSA) is 40.5 Å². The number of thiophene rings is 1. The van der Waals surface area contributed by atoms with Gasteiger partial charge in [-0.05, 0) is 66.3 Å². The summed E-state index contributed by atoms with van der Waals surface area (Å²) in [5, 5.41) is 11.2. The number of hydrogen-bond donors (Lipinski definition) is 1. The Morgan fingerprint density at radius 1 is 1.30 bits per heavy atom. The molecule has 160 valence electrons. The van der Waals surface area contributed by atoms with E-state index < -0.39 is 17.7 Å². The molecule has 1 atom stereocenters. The fourth-order valence-electron chi connectivity index (χ4n) is 3.28. The summed E-state index contributed by atoms with van der Waals surface area (Å²) in [6, 6.07) is 8.42. The molecule has 1 aliphatic heterocycles. The van der Waals surface area contributed by atoms with E-state index in [9.17, 15) is 23.1 Å². The van der Waals surface area contributed by atoms with E-state index in [1.165, 1.54) is 30.8 Å². The minimum absolute atomic E-state index is 0.218. The van der Waals surface area contributed by atoms with Crippen LogP contribution in [0.25, 0.3) is 0 Å². The SMILES string of the molecule is Cc1ccc(CCCSC2C(C(=O)O)=CC=CN2Cc2cccs2)cc1C(F)(F)F. The number of benzene rings is 1. The van der Waals surface area contributed by atoms with E-state index in [4.69, 9.17) is 0 Å². The Morgan fingerprint density at radius 2 is 2.10 bits per heavy atom. The Hall–Kier alpha value is -2.19. The number of allylic oxidation sites excluding steroid dienone is 2. The van der Waals surface area contributed by atoms with Crippen molar-refractivity contribution in [2.45, 2.75) is 37.9 Å². The number of carboxylic acids is 1. The Kier molecular flexibility index (Phi) is 7.31. The molecule has 1 N–H and O–H groups in total. The van der Waals surface area contributed by atoms with Gasteiger partial charge >= 0.3 is 12.1 Å². The number of thioether (sulfide) groups is 1. The van der Waals surface area contributed by atoms with Crippen molar-refractivity contribution in [2.24, 2.45) is 0 Å². The molecule has 3 rings (SSSR count). The average molecular weight is 454 g/mol. The number of aliphatic carboxylic acids is 1. The molecule has 0 saturated carbocycles. The predicted octanol–water partition coefficient (Wildman–Crippen LogP) is 6.11. The Morgan fingerprint density at radius 3 is 2.77 bits per heavy atom. The first-order valence-corrected chi connectivity index (χ1v) is 11.4. The van der Waals surface area contributed by atoms with Gasteiger partial charge in [-0.25, -0.2) is 4.79 Å². The number of nitrogens with zero attached hydrogens (tertiary/aromatic N) is 1. The lowest BCUT2D eigenvalue weighted by Gasteiger charge is -2.32. The molecule has 1 unspecified atom stereocenters. The zero-order chi connectivity index (χ0) is 21.7. The van der Waals surface area contributed by atoms with Crippen molar-refractivity contribution in [3.05, 3.63) is 81.2 Å². The summed E-state index contributed by atoms with van der Waals surface area (Å²) in [5.41, 5.74) is 0.577. The second-order valence-electron chi connectivity index (χ2n) is 6.99. The van der Waals surface area contributed by atoms with E-state index >= 15 is 0 Å². The van der Waals surface area contributed by atoms with Crippen LogP contribution in [0.1, 0.15) is 28.0 Å². The van der Waals surface area contributed by atoms with Gasteiger partial charge in [0.1, 0.15) is 5.37 Å². The third kappa shape index (κ3) is 5.70. The largest absolute Gasteiger partial charge is 0.478 e. The van der Waals surface area contributed by atoms with Gasteiger partial charge in [-0.3, -0.25) is 0 Å². The number of halogens is 3. The number of carboxylic acid groups (broad SMARTS) is 1. The number of aryl methyl sites for hydroxylation is 2. The monoisotopic (exact) mass is 453 g/mol. The first-order valence-electron chi connectivity index (χ1n) is 9.44. The van der Waals surface area contributed by atoms with Gasteiger partial charge in [0.2, 0.25) is 0 Å². The molecule has 2 heterocycles. The Labute approximate surface area is 181 Å². The van der Waals surface area contributed by atoms with E-state index in [-0.39, 0.29) is 10.9 Å². The molecule has 1 aromatic carbocycles. The predicted molar refractivity (Wildman–Crippen MR) is 115 cm³/mol. The first-order chi connectivity index (χ1) is 14.3. The lowest BCUT2D eigenvalue weighted by molar-refractivity contribution is -0.138. The van der Waals surface area contributed by atoms with Crippen molar-refractivity contribution in [3.8, 4) is 0 Å². The van der Waals surface area contributed by atoms with Crippen LogP contribution in [-0.4, -0.2) is 27.1 Å². The quantitative estimate of drug-likeness (QED) is 0.490. The van der Waals surface area contributed by atoms with Gasteiger partial charge in [0, 0.05) is 11.1 Å². The minimum atomic E-state index is -4.35. The van der Waals surface area contributed by atoms with Crippen molar-refractivity contribution < 1.29 is 23.1 Å². The van der Waals surface area contributed by atoms with Crippen LogP contribution in [0.2, 0.25) is 0 Å². The van der Waals surface area contributed by atoms with Crippen molar-refractivity contribution in [1.29, 1.82) is 0 Å². The number of rotatable bonds is 8. The summed E-state index contributed by atoms with van der Waals surface area (Å²) < 4.78 is 39.3. The number of hydrogen-bond acceptors (Lipinski definition) is 4. The summed E-state index contributed by atoms with van der Waals surface area (Å²) >= 11 is 3.12. The second-order valence-corrected chi connectivity index (χ2v) is 9.21. The lowest BCUT2D eigenvalue weighted by atomic mass is 10.0. The van der Waals surface area contributed by atoms with Gasteiger partial charge in [0.15, 0.2) is 0 Å². The van der Waals surface area contributed by atoms with Gasteiger partial charge in [-0.15, -0.1) is 23.1 Å². The molecular weight excluding hydrogens is 431 g/mol. The summed E-state index contributed by atoms with van der Waals surface area (Å²) in [5.74, 6) is -0.319. The van der Waals surface area contributed by atoms with Crippen molar-refractivity contribution in [2.75, 3.05) is 5.75 Å². The van der Waals surface area contributed by atoms with Gasteiger partial charge < -0.3 is 10.0 Å². The van der Waals surface area contributed by atoms with Gasteiger partial charge in [0.05, 0.1) is 17.7 Å². The fraction of sp³-hybridized carbons (Fsp3) is 0.318. The van der Waals surface area contributed by atoms with E-state index in [0.717, 1.165) is 4.88 Å². The zero-order valence-electron chi connectivity index (χ0n) is 16.4. The third-order valence-electron chi connectivity index (χ3n) is 4.78.